The topological polar surface area (TPSA) is 103 Å². The summed E-state index contributed by atoms with van der Waals surface area (Å²) >= 11 is 0. The van der Waals surface area contributed by atoms with Gasteiger partial charge in [-0.15, -0.1) is 0 Å². The Kier molecular flexibility index (Phi) is 4.31. The van der Waals surface area contributed by atoms with E-state index < -0.39 is 11.9 Å². The summed E-state index contributed by atoms with van der Waals surface area (Å²) in [6, 6.07) is 6.60. The highest BCUT2D eigenvalue weighted by Crippen LogP contribution is 2.26. The van der Waals surface area contributed by atoms with Crippen LogP contribution < -0.4 is 16.0 Å². The molecule has 1 amide bonds. The van der Waals surface area contributed by atoms with Crippen molar-refractivity contribution >= 4 is 16.8 Å². The molecule has 0 aliphatic rings. The second kappa shape index (κ2) is 6.43. The predicted molar refractivity (Wildman–Crippen MR) is 95.4 cm³/mol. The van der Waals surface area contributed by atoms with E-state index in [4.69, 9.17) is 10.5 Å². The van der Waals surface area contributed by atoms with Crippen molar-refractivity contribution in [3.63, 3.8) is 0 Å². The van der Waals surface area contributed by atoms with Gasteiger partial charge in [-0.3, -0.25) is 9.59 Å². The second-order valence-corrected chi connectivity index (χ2v) is 6.21. The molecule has 0 aliphatic heterocycles. The molecule has 0 radical (unpaired) electrons. The zero-order valence-electron chi connectivity index (χ0n) is 14.3. The van der Waals surface area contributed by atoms with Crippen molar-refractivity contribution in [3.8, 4) is 17.1 Å². The average Bonchev–Trinajstić information content (AvgIpc) is 3.01. The van der Waals surface area contributed by atoms with Crippen LogP contribution in [0.5, 0.6) is 5.75 Å². The van der Waals surface area contributed by atoms with Gasteiger partial charge in [0.05, 0.1) is 18.2 Å². The third kappa shape index (κ3) is 3.00. The SMILES string of the molecule is COc1ccc2cc(-c3nccn3[C@H](C(N)=O)C(C)C)c(=O)[nH]c2c1. The number of hydrogen-bond donors (Lipinski definition) is 2. The number of nitrogens with two attached hydrogens (primary N) is 1. The summed E-state index contributed by atoms with van der Waals surface area (Å²) in [4.78, 5) is 31.6. The maximum atomic E-state index is 12.6. The largest absolute Gasteiger partial charge is 0.497 e. The standard InChI is InChI=1S/C18H20N4O3/c1-10(2)15(16(19)23)22-7-6-20-17(22)13-8-11-4-5-12(25-3)9-14(11)21-18(13)24/h4-10,15H,1-3H3,(H2,19,23)(H,21,24)/t15-/m0/s1. The highest BCUT2D eigenvalue weighted by molar-refractivity contribution is 5.84. The number of nitrogens with zero attached hydrogens (tertiary/aromatic N) is 2. The van der Waals surface area contributed by atoms with E-state index >= 15 is 0 Å². The number of nitrogens with one attached hydrogen (secondary N) is 1. The van der Waals surface area contributed by atoms with Crippen molar-refractivity contribution in [2.75, 3.05) is 7.11 Å². The molecule has 7 heteroatoms. The molecule has 0 aliphatic carbocycles. The molecule has 0 unspecified atom stereocenters. The molecule has 7 nitrogen and oxygen atoms in total. The van der Waals surface area contributed by atoms with Gasteiger partial charge in [-0.25, -0.2) is 4.98 Å². The highest BCUT2D eigenvalue weighted by Gasteiger charge is 2.25. The Morgan fingerprint density at radius 2 is 2.08 bits per heavy atom. The number of ether oxygens (including phenoxy) is 1. The summed E-state index contributed by atoms with van der Waals surface area (Å²) in [5.41, 5.74) is 6.31. The first-order chi connectivity index (χ1) is 11.9. The second-order valence-electron chi connectivity index (χ2n) is 6.21. The van der Waals surface area contributed by atoms with Gasteiger partial charge < -0.3 is 20.0 Å². The van der Waals surface area contributed by atoms with Crippen LogP contribution in [0, 0.1) is 5.92 Å². The van der Waals surface area contributed by atoms with Crippen LogP contribution in [0.2, 0.25) is 0 Å². The van der Waals surface area contributed by atoms with Gasteiger partial charge in [0, 0.05) is 18.5 Å². The zero-order valence-corrected chi connectivity index (χ0v) is 14.3. The molecule has 0 fully saturated rings. The Morgan fingerprint density at radius 3 is 2.72 bits per heavy atom. The van der Waals surface area contributed by atoms with Gasteiger partial charge in [0.25, 0.3) is 5.56 Å². The lowest BCUT2D eigenvalue weighted by atomic mass is 10.0. The summed E-state index contributed by atoms with van der Waals surface area (Å²) in [6.07, 6.45) is 3.23. The first-order valence-corrected chi connectivity index (χ1v) is 7.96. The van der Waals surface area contributed by atoms with Crippen LogP contribution >= 0.6 is 0 Å². The van der Waals surface area contributed by atoms with Gasteiger partial charge in [-0.2, -0.15) is 0 Å². The third-order valence-corrected chi connectivity index (χ3v) is 4.19. The molecule has 25 heavy (non-hydrogen) atoms. The van der Waals surface area contributed by atoms with Crippen molar-refractivity contribution in [1.82, 2.24) is 14.5 Å². The molecule has 0 bridgehead atoms. The minimum Gasteiger partial charge on any atom is -0.497 e. The van der Waals surface area contributed by atoms with Gasteiger partial charge in [0.15, 0.2) is 0 Å². The van der Waals surface area contributed by atoms with Gasteiger partial charge in [0.2, 0.25) is 5.91 Å². The molecule has 1 atom stereocenters. The van der Waals surface area contributed by atoms with Gasteiger partial charge in [-0.05, 0) is 29.5 Å². The molecule has 3 aromatic rings. The Labute approximate surface area is 144 Å². The van der Waals surface area contributed by atoms with Crippen LogP contribution in [0.25, 0.3) is 22.3 Å². The van der Waals surface area contributed by atoms with E-state index in [-0.39, 0.29) is 11.5 Å². The number of benzene rings is 1. The minimum atomic E-state index is -0.580. The fourth-order valence-electron chi connectivity index (χ4n) is 3.01. The number of aromatic amines is 1. The van der Waals surface area contributed by atoms with E-state index in [0.717, 1.165) is 5.39 Å². The number of primary amides is 1. The van der Waals surface area contributed by atoms with Crippen LogP contribution in [0.4, 0.5) is 0 Å². The number of aromatic nitrogens is 3. The molecule has 2 heterocycles. The number of methoxy groups -OCH3 is 1. The number of pyridine rings is 1. The van der Waals surface area contributed by atoms with Crippen molar-refractivity contribution in [2.45, 2.75) is 19.9 Å². The summed E-state index contributed by atoms with van der Waals surface area (Å²) < 4.78 is 6.84. The van der Waals surface area contributed by atoms with Gasteiger partial charge in [0.1, 0.15) is 17.6 Å². The molecule has 1 aromatic carbocycles. The number of rotatable bonds is 5. The first kappa shape index (κ1) is 16.8. The van der Waals surface area contributed by atoms with Crippen molar-refractivity contribution in [2.24, 2.45) is 11.7 Å². The summed E-state index contributed by atoms with van der Waals surface area (Å²) in [6.45, 7) is 3.80. The van der Waals surface area contributed by atoms with E-state index in [0.29, 0.717) is 22.7 Å². The van der Waals surface area contributed by atoms with Crippen molar-refractivity contribution in [1.29, 1.82) is 0 Å². The lowest BCUT2D eigenvalue weighted by Crippen LogP contribution is -2.31. The van der Waals surface area contributed by atoms with Crippen molar-refractivity contribution < 1.29 is 9.53 Å². The monoisotopic (exact) mass is 340 g/mol. The van der Waals surface area contributed by atoms with Gasteiger partial charge in [-0.1, -0.05) is 13.8 Å². The third-order valence-electron chi connectivity index (χ3n) is 4.19. The molecule has 130 valence electrons. The van der Waals surface area contributed by atoms with Crippen molar-refractivity contribution in [3.05, 3.63) is 47.0 Å². The van der Waals surface area contributed by atoms with E-state index in [9.17, 15) is 9.59 Å². The Bertz CT molecular complexity index is 987. The molecule has 0 spiro atoms. The molecular formula is C18H20N4O3. The summed E-state index contributed by atoms with van der Waals surface area (Å²) in [7, 11) is 1.57. The van der Waals surface area contributed by atoms with Crippen LogP contribution in [0.3, 0.4) is 0 Å². The maximum Gasteiger partial charge on any atom is 0.259 e. The van der Waals surface area contributed by atoms with E-state index in [1.165, 1.54) is 0 Å². The average molecular weight is 340 g/mol. The number of imidazole rings is 1. The maximum absolute atomic E-state index is 12.6. The van der Waals surface area contributed by atoms with Gasteiger partial charge >= 0.3 is 0 Å². The number of amides is 1. The molecule has 0 saturated heterocycles. The molecule has 0 saturated carbocycles. The fourth-order valence-corrected chi connectivity index (χ4v) is 3.01. The Balaban J connectivity index is 2.18. The van der Waals surface area contributed by atoms with E-state index in [1.54, 1.807) is 36.2 Å². The summed E-state index contributed by atoms with van der Waals surface area (Å²) in [5.74, 6) is 0.577. The molecule has 3 N–H and O–H groups in total. The molecule has 3 rings (SSSR count). The summed E-state index contributed by atoms with van der Waals surface area (Å²) in [5, 5.41) is 0.838. The highest BCUT2D eigenvalue weighted by atomic mass is 16.5. The lowest BCUT2D eigenvalue weighted by molar-refractivity contribution is -0.122. The van der Waals surface area contributed by atoms with Crippen LogP contribution in [-0.2, 0) is 4.79 Å². The van der Waals surface area contributed by atoms with E-state index in [1.807, 2.05) is 26.0 Å². The van der Waals surface area contributed by atoms with E-state index in [2.05, 4.69) is 9.97 Å². The molecular weight excluding hydrogens is 320 g/mol. The fraction of sp³-hybridized carbons (Fsp3) is 0.278. The Hall–Kier alpha value is -3.09. The first-order valence-electron chi connectivity index (χ1n) is 7.96. The van der Waals surface area contributed by atoms with Crippen LogP contribution in [-0.4, -0.2) is 27.6 Å². The van der Waals surface area contributed by atoms with Crippen LogP contribution in [0.15, 0.2) is 41.5 Å². The number of fused-ring (bicyclic) bond motifs is 1. The minimum absolute atomic E-state index is 0.0331. The molecule has 2 aromatic heterocycles. The number of carbonyl (C=O) groups is 1. The number of H-pyrrole nitrogens is 1. The quantitative estimate of drug-likeness (QED) is 0.742. The smallest absolute Gasteiger partial charge is 0.259 e. The Morgan fingerprint density at radius 1 is 1.32 bits per heavy atom. The lowest BCUT2D eigenvalue weighted by Gasteiger charge is -2.21. The normalized spacial score (nSPS) is 12.5. The number of hydrogen-bond acceptors (Lipinski definition) is 4. The zero-order chi connectivity index (χ0) is 18.1. The predicted octanol–water partition coefficient (Wildman–Crippen LogP) is 2.08. The van der Waals surface area contributed by atoms with Crippen LogP contribution in [0.1, 0.15) is 19.9 Å². The number of carbonyl (C=O) groups excluding carboxylic acids is 1.